The van der Waals surface area contributed by atoms with E-state index in [0.29, 0.717) is 31.8 Å². The van der Waals surface area contributed by atoms with Gasteiger partial charge in [-0.1, -0.05) is 149 Å². The third-order valence-corrected chi connectivity index (χ3v) is 9.31. The van der Waals surface area contributed by atoms with Crippen LogP contribution in [0, 0.1) is 0 Å². The summed E-state index contributed by atoms with van der Waals surface area (Å²) in [5.74, 6) is 0.386. The van der Waals surface area contributed by atoms with E-state index in [4.69, 9.17) is 17.2 Å². The molecule has 0 saturated carbocycles. The number of hydrogen-bond acceptors (Lipinski definition) is 6. The molecule has 0 bridgehead atoms. The third-order valence-electron chi connectivity index (χ3n) is 9.31. The first-order valence-electron chi connectivity index (χ1n) is 20.1. The van der Waals surface area contributed by atoms with E-state index in [0.717, 1.165) is 45.2 Å². The second kappa shape index (κ2) is 34.1. The molecule has 278 valence electrons. The summed E-state index contributed by atoms with van der Waals surface area (Å²) < 4.78 is 0. The van der Waals surface area contributed by atoms with Crippen LogP contribution >= 0.6 is 0 Å². The average molecular weight is 665 g/mol. The lowest BCUT2D eigenvalue weighted by molar-refractivity contribution is -0.133. The Morgan fingerprint density at radius 3 is 1.34 bits per heavy atom. The maximum absolute atomic E-state index is 13.4. The minimum absolute atomic E-state index is 0.101. The van der Waals surface area contributed by atoms with E-state index in [2.05, 4.69) is 36.0 Å². The van der Waals surface area contributed by atoms with Crippen LogP contribution in [0.1, 0.15) is 187 Å². The van der Waals surface area contributed by atoms with Gasteiger partial charge in [0, 0.05) is 26.2 Å². The zero-order chi connectivity index (χ0) is 34.8. The first kappa shape index (κ1) is 45.2. The van der Waals surface area contributed by atoms with Crippen molar-refractivity contribution in [3.8, 4) is 0 Å². The number of amides is 2. The molecule has 0 aromatic rings. The molecule has 2 amide bonds. The van der Waals surface area contributed by atoms with Crippen molar-refractivity contribution in [2.24, 2.45) is 17.2 Å². The van der Waals surface area contributed by atoms with Gasteiger partial charge in [-0.3, -0.25) is 9.59 Å². The lowest BCUT2D eigenvalue weighted by Gasteiger charge is -2.26. The summed E-state index contributed by atoms with van der Waals surface area (Å²) in [5, 5.41) is 5.86. The number of carbonyl (C=O) groups excluding carboxylic acids is 2. The maximum atomic E-state index is 13.4. The lowest BCUT2D eigenvalue weighted by Crippen LogP contribution is -2.44. The summed E-state index contributed by atoms with van der Waals surface area (Å²) in [4.78, 5) is 27.7. The number of nitrogens with one attached hydrogen (secondary N) is 2. The highest BCUT2D eigenvalue weighted by Crippen LogP contribution is 2.14. The molecule has 2 unspecified atom stereocenters. The quantitative estimate of drug-likeness (QED) is 0.0428. The van der Waals surface area contributed by atoms with E-state index in [-0.39, 0.29) is 11.8 Å². The Morgan fingerprint density at radius 2 is 0.915 bits per heavy atom. The molecule has 0 aliphatic heterocycles. The van der Waals surface area contributed by atoms with Gasteiger partial charge in [-0.25, -0.2) is 0 Å². The highest BCUT2D eigenvalue weighted by Gasteiger charge is 2.20. The summed E-state index contributed by atoms with van der Waals surface area (Å²) in [6.45, 7) is 11.0. The predicted molar refractivity (Wildman–Crippen MR) is 203 cm³/mol. The second-order valence-corrected chi connectivity index (χ2v) is 14.0. The van der Waals surface area contributed by atoms with Gasteiger partial charge in [0.1, 0.15) is 0 Å². The zero-order valence-corrected chi connectivity index (χ0v) is 31.3. The zero-order valence-electron chi connectivity index (χ0n) is 31.3. The van der Waals surface area contributed by atoms with Gasteiger partial charge < -0.3 is 32.7 Å². The van der Waals surface area contributed by atoms with E-state index in [9.17, 15) is 9.59 Å². The molecule has 0 spiro atoms. The van der Waals surface area contributed by atoms with E-state index >= 15 is 0 Å². The number of rotatable bonds is 36. The average Bonchev–Trinajstić information content (AvgIpc) is 3.06. The van der Waals surface area contributed by atoms with Crippen LogP contribution in [0.5, 0.6) is 0 Å². The van der Waals surface area contributed by atoms with Gasteiger partial charge >= 0.3 is 0 Å². The van der Waals surface area contributed by atoms with Gasteiger partial charge in [-0.05, 0) is 44.9 Å². The number of hydrogen-bond donors (Lipinski definition) is 5. The Morgan fingerprint density at radius 1 is 0.532 bits per heavy atom. The summed E-state index contributed by atoms with van der Waals surface area (Å²) in [6.07, 6.45) is 32.3. The smallest absolute Gasteiger partial charge is 0.239 e. The van der Waals surface area contributed by atoms with Crippen LogP contribution in [-0.2, 0) is 9.59 Å². The van der Waals surface area contributed by atoms with Crippen LogP contribution in [0.4, 0.5) is 0 Å². The molecule has 0 heterocycles. The van der Waals surface area contributed by atoms with E-state index in [1.54, 1.807) is 0 Å². The fourth-order valence-corrected chi connectivity index (χ4v) is 6.16. The number of nitrogens with two attached hydrogens (primary N) is 3. The van der Waals surface area contributed by atoms with Gasteiger partial charge in [0.15, 0.2) is 0 Å². The van der Waals surface area contributed by atoms with Crippen LogP contribution in [0.3, 0.4) is 0 Å². The van der Waals surface area contributed by atoms with Crippen LogP contribution in [-0.4, -0.2) is 55.0 Å². The van der Waals surface area contributed by atoms with Crippen LogP contribution in [0.15, 0.2) is 12.4 Å². The Balaban J connectivity index is 4.38. The summed E-state index contributed by atoms with van der Waals surface area (Å²) in [5.41, 5.74) is 17.9. The van der Waals surface area contributed by atoms with Crippen molar-refractivity contribution in [3.05, 3.63) is 12.4 Å². The van der Waals surface area contributed by atoms with E-state index < -0.39 is 12.1 Å². The third kappa shape index (κ3) is 30.0. The van der Waals surface area contributed by atoms with Crippen molar-refractivity contribution in [2.75, 3.05) is 26.2 Å². The Bertz CT molecular complexity index is 734. The van der Waals surface area contributed by atoms with Gasteiger partial charge in [0.2, 0.25) is 11.8 Å². The van der Waals surface area contributed by atoms with Gasteiger partial charge in [-0.2, -0.15) is 0 Å². The molecule has 0 radical (unpaired) electrons. The normalized spacial score (nSPS) is 12.5. The minimum Gasteiger partial charge on any atom is -0.386 e. The topological polar surface area (TPSA) is 140 Å². The molecule has 0 saturated heterocycles. The van der Waals surface area contributed by atoms with Gasteiger partial charge in [0.25, 0.3) is 0 Å². The maximum Gasteiger partial charge on any atom is 0.239 e. The van der Waals surface area contributed by atoms with Gasteiger partial charge in [0.05, 0.1) is 17.9 Å². The number of carbonyl (C=O) groups is 2. The molecular weight excluding hydrogens is 584 g/mol. The Kier molecular flexibility index (Phi) is 32.8. The predicted octanol–water partition coefficient (Wildman–Crippen LogP) is 8.18. The van der Waals surface area contributed by atoms with Crippen molar-refractivity contribution in [1.29, 1.82) is 0 Å². The lowest BCUT2D eigenvalue weighted by atomic mass is 10.0. The minimum atomic E-state index is -0.536. The molecule has 0 aromatic heterocycles. The Hall–Kier alpha value is -1.80. The first-order chi connectivity index (χ1) is 22.8. The van der Waals surface area contributed by atoms with Crippen molar-refractivity contribution < 1.29 is 9.59 Å². The van der Waals surface area contributed by atoms with Crippen molar-refractivity contribution in [3.63, 3.8) is 0 Å². The van der Waals surface area contributed by atoms with Crippen LogP contribution in [0.2, 0.25) is 0 Å². The molecule has 0 rings (SSSR count). The molecule has 0 aliphatic carbocycles. The van der Waals surface area contributed by atoms with Crippen molar-refractivity contribution in [2.45, 2.75) is 199 Å². The van der Waals surface area contributed by atoms with Gasteiger partial charge in [-0.15, -0.1) is 0 Å². The first-order valence-corrected chi connectivity index (χ1v) is 20.1. The molecule has 8 nitrogen and oxygen atoms in total. The summed E-state index contributed by atoms with van der Waals surface area (Å²) >= 11 is 0. The molecule has 47 heavy (non-hydrogen) atoms. The largest absolute Gasteiger partial charge is 0.386 e. The van der Waals surface area contributed by atoms with Crippen LogP contribution < -0.4 is 27.8 Å². The number of nitrogens with zero attached hydrogens (tertiary/aromatic N) is 1. The summed E-state index contributed by atoms with van der Waals surface area (Å²) in [6, 6.07) is -1.01. The highest BCUT2D eigenvalue weighted by molar-refractivity contribution is 5.82. The Labute approximate surface area is 291 Å². The molecule has 2 atom stereocenters. The van der Waals surface area contributed by atoms with E-state index in [1.165, 1.54) is 128 Å². The fraction of sp³-hybridized carbons (Fsp3) is 0.897. The number of unbranched alkanes of at least 4 members (excludes halogenated alkanes) is 21. The summed E-state index contributed by atoms with van der Waals surface area (Å²) in [7, 11) is 0. The highest BCUT2D eigenvalue weighted by atomic mass is 16.2. The molecule has 8 N–H and O–H groups in total. The van der Waals surface area contributed by atoms with Crippen molar-refractivity contribution >= 4 is 11.8 Å². The molecule has 8 heteroatoms. The standard InChI is InChI=1S/C39H80N6O2/c1-4-6-8-10-12-14-16-17-19-21-23-27-34-45(33-26-22-20-18-15-13-11-9-7-5-2)39(47)37(42)29-24-25-31-44-38(46)36(41)30-28-32-43-35(3)40/h36-37,43H,3-34,40-42H2,1-2H3,(H,44,46). The molecular formula is C39H80N6O2. The van der Waals surface area contributed by atoms with E-state index in [1.807, 2.05) is 0 Å². The molecule has 0 aliphatic rings. The molecule has 0 fully saturated rings. The van der Waals surface area contributed by atoms with Crippen molar-refractivity contribution in [1.82, 2.24) is 15.5 Å². The monoisotopic (exact) mass is 665 g/mol. The SMILES string of the molecule is C=C(N)NCCCC(N)C(=O)NCCCCC(N)C(=O)N(CCCCCCCCCCCC)CCCCCCCCCCCCCC. The fourth-order valence-electron chi connectivity index (χ4n) is 6.16. The van der Waals surface area contributed by atoms with Crippen LogP contribution in [0.25, 0.3) is 0 Å². The second-order valence-electron chi connectivity index (χ2n) is 14.0. The molecule has 0 aromatic carbocycles.